The lowest BCUT2D eigenvalue weighted by atomic mass is 10.0. The van der Waals surface area contributed by atoms with Gasteiger partial charge in [-0.15, -0.1) is 0 Å². The Bertz CT molecular complexity index is 492. The Morgan fingerprint density at radius 2 is 1.44 bits per heavy atom. The van der Waals surface area contributed by atoms with Crippen LogP contribution in [0.2, 0.25) is 0 Å². The van der Waals surface area contributed by atoms with Crippen molar-refractivity contribution in [2.45, 2.75) is 20.3 Å². The molecule has 0 heterocycles. The van der Waals surface area contributed by atoms with Crippen LogP contribution in [0.15, 0.2) is 42.5 Å². The van der Waals surface area contributed by atoms with Gasteiger partial charge in [0.1, 0.15) is 11.5 Å². The van der Waals surface area contributed by atoms with E-state index in [0.717, 1.165) is 11.1 Å². The first-order valence-electron chi connectivity index (χ1n) is 6.00. The molecule has 0 unspecified atom stereocenters. The average Bonchev–Trinajstić information content (AvgIpc) is 2.38. The highest BCUT2D eigenvalue weighted by Crippen LogP contribution is 2.22. The van der Waals surface area contributed by atoms with Crippen LogP contribution in [0.1, 0.15) is 25.0 Å². The van der Waals surface area contributed by atoms with Gasteiger partial charge in [-0.05, 0) is 35.7 Å². The van der Waals surface area contributed by atoms with Gasteiger partial charge in [0.15, 0.2) is 0 Å². The molecule has 0 aromatic heterocycles. The van der Waals surface area contributed by atoms with Gasteiger partial charge in [0.2, 0.25) is 0 Å². The number of nitrogen functional groups attached to an aromatic ring is 1. The van der Waals surface area contributed by atoms with Crippen molar-refractivity contribution < 1.29 is 10.2 Å². The van der Waals surface area contributed by atoms with Gasteiger partial charge < -0.3 is 15.9 Å². The summed E-state index contributed by atoms with van der Waals surface area (Å²) in [6, 6.07) is 11.9. The first-order chi connectivity index (χ1) is 8.65. The van der Waals surface area contributed by atoms with Crippen LogP contribution in [0, 0.1) is 0 Å². The fourth-order valence-corrected chi connectivity index (χ4v) is 1.58. The van der Waals surface area contributed by atoms with Gasteiger partial charge in [-0.3, -0.25) is 0 Å². The van der Waals surface area contributed by atoms with Crippen molar-refractivity contribution in [3.05, 3.63) is 53.6 Å². The number of phenols is 2. The maximum absolute atomic E-state index is 9.23. The highest BCUT2D eigenvalue weighted by Gasteiger charge is 2.02. The molecule has 0 bridgehead atoms. The van der Waals surface area contributed by atoms with E-state index in [0.29, 0.717) is 12.1 Å². The molecule has 2 aromatic carbocycles. The van der Waals surface area contributed by atoms with Gasteiger partial charge in [-0.1, -0.05) is 32.0 Å². The zero-order valence-corrected chi connectivity index (χ0v) is 10.7. The van der Waals surface area contributed by atoms with E-state index in [-0.39, 0.29) is 11.5 Å². The minimum absolute atomic E-state index is 0.173. The molecule has 0 fully saturated rings. The van der Waals surface area contributed by atoms with Gasteiger partial charge >= 0.3 is 0 Å². The van der Waals surface area contributed by atoms with Crippen LogP contribution in [0.5, 0.6) is 11.5 Å². The molecule has 4 N–H and O–H groups in total. The standard InChI is InChI=1S/C13H13NO2.C2H6/c14-13-8-12(16)6-3-10(13)7-9-1-4-11(15)5-2-9;1-2/h1-6,8,15-16H,7,14H2;1-2H3. The number of hydrogen-bond acceptors (Lipinski definition) is 3. The van der Waals surface area contributed by atoms with Crippen molar-refractivity contribution in [1.29, 1.82) is 0 Å². The summed E-state index contributed by atoms with van der Waals surface area (Å²) < 4.78 is 0. The average molecular weight is 245 g/mol. The molecule has 3 heteroatoms. The van der Waals surface area contributed by atoms with Crippen LogP contribution >= 0.6 is 0 Å². The summed E-state index contributed by atoms with van der Waals surface area (Å²) >= 11 is 0. The highest BCUT2D eigenvalue weighted by molar-refractivity contribution is 5.52. The van der Waals surface area contributed by atoms with E-state index >= 15 is 0 Å². The van der Waals surface area contributed by atoms with Crippen LogP contribution in [0.4, 0.5) is 5.69 Å². The first kappa shape index (κ1) is 13.9. The molecule has 0 atom stereocenters. The number of rotatable bonds is 2. The van der Waals surface area contributed by atoms with Crippen LogP contribution < -0.4 is 5.73 Å². The summed E-state index contributed by atoms with van der Waals surface area (Å²) in [4.78, 5) is 0. The second kappa shape index (κ2) is 6.55. The molecule has 0 aliphatic rings. The Morgan fingerprint density at radius 1 is 0.889 bits per heavy atom. The van der Waals surface area contributed by atoms with Gasteiger partial charge in [0, 0.05) is 11.8 Å². The summed E-state index contributed by atoms with van der Waals surface area (Å²) in [6.07, 6.45) is 0.687. The first-order valence-corrected chi connectivity index (χ1v) is 6.00. The van der Waals surface area contributed by atoms with E-state index in [9.17, 15) is 5.11 Å². The van der Waals surface area contributed by atoms with Crippen LogP contribution in [-0.2, 0) is 6.42 Å². The number of benzene rings is 2. The third-order valence-electron chi connectivity index (χ3n) is 2.46. The van der Waals surface area contributed by atoms with Crippen molar-refractivity contribution >= 4 is 5.69 Å². The molecule has 18 heavy (non-hydrogen) atoms. The van der Waals surface area contributed by atoms with E-state index in [1.807, 2.05) is 26.0 Å². The van der Waals surface area contributed by atoms with Crippen LogP contribution in [-0.4, -0.2) is 10.2 Å². The summed E-state index contributed by atoms with van der Waals surface area (Å²) in [5.74, 6) is 0.425. The molecular weight excluding hydrogens is 226 g/mol. The van der Waals surface area contributed by atoms with Crippen LogP contribution in [0.25, 0.3) is 0 Å². The Balaban J connectivity index is 0.000000771. The molecule has 2 rings (SSSR count). The smallest absolute Gasteiger partial charge is 0.117 e. The summed E-state index contributed by atoms with van der Waals surface area (Å²) in [5.41, 5.74) is 8.39. The quantitative estimate of drug-likeness (QED) is 0.711. The van der Waals surface area contributed by atoms with Gasteiger partial charge in [-0.2, -0.15) is 0 Å². The Hall–Kier alpha value is -2.16. The number of phenolic OH excluding ortho intramolecular Hbond substituents is 2. The fraction of sp³-hybridized carbons (Fsp3) is 0.200. The highest BCUT2D eigenvalue weighted by atomic mass is 16.3. The second-order valence-corrected chi connectivity index (χ2v) is 3.73. The topological polar surface area (TPSA) is 66.5 Å². The zero-order chi connectivity index (χ0) is 13.5. The van der Waals surface area contributed by atoms with Gasteiger partial charge in [0.25, 0.3) is 0 Å². The minimum atomic E-state index is 0.173. The van der Waals surface area contributed by atoms with E-state index in [2.05, 4.69) is 0 Å². The maximum Gasteiger partial charge on any atom is 0.117 e. The van der Waals surface area contributed by atoms with Crippen molar-refractivity contribution in [2.75, 3.05) is 5.73 Å². The predicted octanol–water partition coefficient (Wildman–Crippen LogP) is 3.30. The number of aromatic hydroxyl groups is 2. The lowest BCUT2D eigenvalue weighted by molar-refractivity contribution is 0.475. The lowest BCUT2D eigenvalue weighted by Gasteiger charge is -2.06. The molecule has 0 radical (unpaired) electrons. The molecule has 2 aromatic rings. The van der Waals surface area contributed by atoms with E-state index in [1.165, 1.54) is 6.07 Å². The lowest BCUT2D eigenvalue weighted by Crippen LogP contribution is -1.95. The van der Waals surface area contributed by atoms with Crippen molar-refractivity contribution in [2.24, 2.45) is 0 Å². The SMILES string of the molecule is CC.Nc1cc(O)ccc1Cc1ccc(O)cc1. The van der Waals surface area contributed by atoms with E-state index < -0.39 is 0 Å². The second-order valence-electron chi connectivity index (χ2n) is 3.73. The third-order valence-corrected chi connectivity index (χ3v) is 2.46. The fourth-order valence-electron chi connectivity index (χ4n) is 1.58. The number of hydrogen-bond donors (Lipinski definition) is 3. The Kier molecular flexibility index (Phi) is 5.06. The predicted molar refractivity (Wildman–Crippen MR) is 74.8 cm³/mol. The summed E-state index contributed by atoms with van der Waals surface area (Å²) in [7, 11) is 0. The molecule has 0 saturated heterocycles. The van der Waals surface area contributed by atoms with Crippen molar-refractivity contribution in [1.82, 2.24) is 0 Å². The number of anilines is 1. The van der Waals surface area contributed by atoms with Gasteiger partial charge in [0.05, 0.1) is 0 Å². The largest absolute Gasteiger partial charge is 0.508 e. The number of nitrogens with two attached hydrogens (primary N) is 1. The zero-order valence-electron chi connectivity index (χ0n) is 10.7. The van der Waals surface area contributed by atoms with Gasteiger partial charge in [-0.25, -0.2) is 0 Å². The normalized spacial score (nSPS) is 9.44. The molecule has 0 saturated carbocycles. The van der Waals surface area contributed by atoms with E-state index in [4.69, 9.17) is 10.8 Å². The molecule has 96 valence electrons. The molecule has 0 amide bonds. The Morgan fingerprint density at radius 3 is 2.00 bits per heavy atom. The molecule has 3 nitrogen and oxygen atoms in total. The molecular formula is C15H19NO2. The molecule has 0 aliphatic carbocycles. The van der Waals surface area contributed by atoms with Crippen molar-refractivity contribution in [3.8, 4) is 11.5 Å². The summed E-state index contributed by atoms with van der Waals surface area (Å²) in [6.45, 7) is 4.00. The summed E-state index contributed by atoms with van der Waals surface area (Å²) in [5, 5.41) is 18.4. The minimum Gasteiger partial charge on any atom is -0.508 e. The Labute approximate surface area is 108 Å². The third kappa shape index (κ3) is 3.70. The maximum atomic E-state index is 9.23. The van der Waals surface area contributed by atoms with E-state index in [1.54, 1.807) is 24.3 Å². The van der Waals surface area contributed by atoms with Crippen molar-refractivity contribution in [3.63, 3.8) is 0 Å². The molecule has 0 aliphatic heterocycles. The monoisotopic (exact) mass is 245 g/mol. The van der Waals surface area contributed by atoms with Crippen LogP contribution in [0.3, 0.4) is 0 Å². The molecule has 0 spiro atoms.